The molecule has 1 aromatic rings. The second kappa shape index (κ2) is 6.63. The van der Waals surface area contributed by atoms with Gasteiger partial charge in [0.05, 0.1) is 16.8 Å². The summed E-state index contributed by atoms with van der Waals surface area (Å²) < 4.78 is 11.0. The molecule has 6 heteroatoms. The summed E-state index contributed by atoms with van der Waals surface area (Å²) >= 11 is 0. The zero-order valence-corrected chi connectivity index (χ0v) is 15.0. The van der Waals surface area contributed by atoms with Gasteiger partial charge in [-0.25, -0.2) is 4.79 Å². The number of carbonyl (C=O) groups is 1. The van der Waals surface area contributed by atoms with Gasteiger partial charge in [-0.05, 0) is 60.0 Å². The van der Waals surface area contributed by atoms with Crippen molar-refractivity contribution in [1.82, 2.24) is 0 Å². The summed E-state index contributed by atoms with van der Waals surface area (Å²) in [6.45, 7) is 11.9. The van der Waals surface area contributed by atoms with Crippen LogP contribution in [-0.4, -0.2) is 40.0 Å². The van der Waals surface area contributed by atoms with Crippen molar-refractivity contribution in [3.05, 3.63) is 29.8 Å². The van der Waals surface area contributed by atoms with E-state index in [1.54, 1.807) is 72.7 Å². The van der Waals surface area contributed by atoms with E-state index in [0.29, 0.717) is 5.46 Å². The topological polar surface area (TPSA) is 76.0 Å². The molecule has 0 spiro atoms. The average Bonchev–Trinajstić information content (AvgIpc) is 2.34. The maximum Gasteiger partial charge on any atom is 0.492 e. The van der Waals surface area contributed by atoms with Crippen LogP contribution in [0.1, 0.15) is 58.8 Å². The van der Waals surface area contributed by atoms with Crippen molar-refractivity contribution in [1.29, 1.82) is 0 Å². The van der Waals surface area contributed by atoms with Crippen molar-refractivity contribution in [3.8, 4) is 0 Å². The Kier molecular flexibility index (Phi) is 5.67. The van der Waals surface area contributed by atoms with E-state index in [2.05, 4.69) is 0 Å². The zero-order valence-electron chi connectivity index (χ0n) is 15.0. The van der Waals surface area contributed by atoms with Gasteiger partial charge in [0.25, 0.3) is 0 Å². The van der Waals surface area contributed by atoms with E-state index < -0.39 is 29.9 Å². The molecule has 0 aliphatic heterocycles. The number of hydrogen-bond donors (Lipinski definition) is 2. The molecule has 0 bridgehead atoms. The van der Waals surface area contributed by atoms with Crippen molar-refractivity contribution in [2.45, 2.75) is 65.3 Å². The van der Waals surface area contributed by atoms with Crippen LogP contribution in [0.2, 0.25) is 0 Å². The van der Waals surface area contributed by atoms with Crippen LogP contribution in [0.15, 0.2) is 24.3 Å². The Bertz CT molecular complexity index is 555. The summed E-state index contributed by atoms with van der Waals surface area (Å²) in [6, 6.07) is 6.57. The van der Waals surface area contributed by atoms with E-state index in [9.17, 15) is 14.9 Å². The second-order valence-electron chi connectivity index (χ2n) is 7.63. The summed E-state index contributed by atoms with van der Waals surface area (Å²) in [4.78, 5) is 12.3. The lowest BCUT2D eigenvalue weighted by Gasteiger charge is -2.38. The van der Waals surface area contributed by atoms with E-state index >= 15 is 0 Å². The number of hydrogen-bond acceptors (Lipinski definition) is 5. The molecule has 0 amide bonds. The third-order valence-electron chi connectivity index (χ3n) is 3.73. The lowest BCUT2D eigenvalue weighted by molar-refractivity contribution is -0.0982. The Morgan fingerprint density at radius 3 is 2.04 bits per heavy atom. The Hall–Kier alpha value is -1.37. The van der Waals surface area contributed by atoms with E-state index in [0.717, 1.165) is 0 Å². The molecular formula is C17H27BO5. The molecule has 0 saturated heterocycles. The first kappa shape index (κ1) is 19.7. The average molecular weight is 322 g/mol. The van der Waals surface area contributed by atoms with Crippen LogP contribution in [0.25, 0.3) is 0 Å². The van der Waals surface area contributed by atoms with Crippen molar-refractivity contribution in [3.63, 3.8) is 0 Å². The fourth-order valence-corrected chi connectivity index (χ4v) is 1.72. The van der Waals surface area contributed by atoms with Gasteiger partial charge < -0.3 is 19.5 Å². The van der Waals surface area contributed by atoms with Crippen molar-refractivity contribution < 1.29 is 24.3 Å². The van der Waals surface area contributed by atoms with E-state index in [1.807, 2.05) is 0 Å². The highest BCUT2D eigenvalue weighted by molar-refractivity contribution is 6.61. The molecular weight excluding hydrogens is 295 g/mol. The molecule has 0 aliphatic carbocycles. The molecule has 1 rings (SSSR count). The number of carbonyl (C=O) groups excluding carboxylic acids is 1. The van der Waals surface area contributed by atoms with Gasteiger partial charge >= 0.3 is 13.1 Å². The minimum absolute atomic E-state index is 0.237. The lowest BCUT2D eigenvalue weighted by Crippen LogP contribution is -2.53. The van der Waals surface area contributed by atoms with Crippen LogP contribution in [0, 0.1) is 0 Å². The van der Waals surface area contributed by atoms with Crippen LogP contribution < -0.4 is 5.46 Å². The molecule has 128 valence electrons. The Morgan fingerprint density at radius 1 is 1.04 bits per heavy atom. The molecule has 5 nitrogen and oxygen atoms in total. The lowest BCUT2D eigenvalue weighted by atomic mass is 9.74. The quantitative estimate of drug-likeness (QED) is 0.640. The summed E-state index contributed by atoms with van der Waals surface area (Å²) in [6.07, 6.45) is 0. The maximum absolute atomic E-state index is 12.3. The van der Waals surface area contributed by atoms with Gasteiger partial charge in [0.1, 0.15) is 5.60 Å². The summed E-state index contributed by atoms with van der Waals surface area (Å²) in [5.74, 6) is -0.531. The molecule has 0 aliphatic rings. The second-order valence-corrected chi connectivity index (χ2v) is 7.63. The predicted octanol–water partition coefficient (Wildman–Crippen LogP) is 1.90. The fraction of sp³-hybridized carbons (Fsp3) is 0.588. The molecule has 1 aromatic carbocycles. The number of benzene rings is 1. The third-order valence-corrected chi connectivity index (χ3v) is 3.73. The van der Waals surface area contributed by atoms with Gasteiger partial charge in [0.15, 0.2) is 0 Å². The zero-order chi connectivity index (χ0) is 18.1. The molecule has 0 aromatic heterocycles. The first-order valence-electron chi connectivity index (χ1n) is 7.65. The largest absolute Gasteiger partial charge is 0.492 e. The van der Waals surface area contributed by atoms with E-state index in [4.69, 9.17) is 9.39 Å². The van der Waals surface area contributed by atoms with Crippen molar-refractivity contribution in [2.75, 3.05) is 0 Å². The molecule has 2 N–H and O–H groups in total. The predicted molar refractivity (Wildman–Crippen MR) is 90.7 cm³/mol. The highest BCUT2D eigenvalue weighted by atomic mass is 16.6. The Morgan fingerprint density at radius 2 is 1.57 bits per heavy atom. The summed E-state index contributed by atoms with van der Waals surface area (Å²) in [7, 11) is -1.36. The number of aliphatic hydroxyl groups is 1. The molecule has 0 radical (unpaired) electrons. The molecule has 0 heterocycles. The summed E-state index contributed by atoms with van der Waals surface area (Å²) in [5.41, 5.74) is -2.29. The smallest absolute Gasteiger partial charge is 0.456 e. The molecule has 0 unspecified atom stereocenters. The minimum atomic E-state index is -1.36. The van der Waals surface area contributed by atoms with Crippen LogP contribution in [0.5, 0.6) is 0 Å². The first-order valence-corrected chi connectivity index (χ1v) is 7.65. The first-order chi connectivity index (χ1) is 10.2. The van der Waals surface area contributed by atoms with Crippen molar-refractivity contribution in [2.24, 2.45) is 0 Å². The van der Waals surface area contributed by atoms with Crippen LogP contribution in [0.3, 0.4) is 0 Å². The highest BCUT2D eigenvalue weighted by Gasteiger charge is 2.40. The highest BCUT2D eigenvalue weighted by Crippen LogP contribution is 2.25. The van der Waals surface area contributed by atoms with E-state index in [-0.39, 0.29) is 5.56 Å². The number of esters is 1. The van der Waals surface area contributed by atoms with Gasteiger partial charge in [-0.2, -0.15) is 0 Å². The molecule has 23 heavy (non-hydrogen) atoms. The van der Waals surface area contributed by atoms with Crippen LogP contribution in [-0.2, 0) is 9.39 Å². The van der Waals surface area contributed by atoms with Gasteiger partial charge in [-0.15, -0.1) is 0 Å². The monoisotopic (exact) mass is 322 g/mol. The standard InChI is InChI=1S/C17H27BO5/c1-15(2,3)22-14(19)12-10-8-9-11-13(12)18(21)23-17(6,7)16(4,5)20/h8-11,20-21H,1-7H3. The van der Waals surface area contributed by atoms with Gasteiger partial charge in [-0.3, -0.25) is 0 Å². The van der Waals surface area contributed by atoms with Crippen LogP contribution in [0.4, 0.5) is 0 Å². The van der Waals surface area contributed by atoms with Gasteiger partial charge in [0, 0.05) is 0 Å². The normalized spacial score (nSPS) is 12.9. The number of rotatable bonds is 5. The SMILES string of the molecule is CC(C)(C)OC(=O)c1ccccc1B(O)OC(C)(C)C(C)(C)O. The number of ether oxygens (including phenoxy) is 1. The van der Waals surface area contributed by atoms with Crippen LogP contribution >= 0.6 is 0 Å². The summed E-state index contributed by atoms with van der Waals surface area (Å²) in [5, 5.41) is 20.6. The fourth-order valence-electron chi connectivity index (χ4n) is 1.72. The van der Waals surface area contributed by atoms with Gasteiger partial charge in [-0.1, -0.05) is 18.2 Å². The van der Waals surface area contributed by atoms with Gasteiger partial charge in [0.2, 0.25) is 0 Å². The molecule has 0 atom stereocenters. The Balaban J connectivity index is 3.08. The molecule has 0 saturated carbocycles. The third kappa shape index (κ3) is 5.34. The molecule has 0 fully saturated rings. The van der Waals surface area contributed by atoms with E-state index in [1.165, 1.54) is 0 Å². The minimum Gasteiger partial charge on any atom is -0.456 e. The maximum atomic E-state index is 12.3. The van der Waals surface area contributed by atoms with Crippen molar-refractivity contribution >= 4 is 18.6 Å². The Labute approximate surface area is 138 Å².